The van der Waals surface area contributed by atoms with Crippen molar-refractivity contribution in [1.82, 2.24) is 0 Å². The third-order valence-corrected chi connectivity index (χ3v) is 9.90. The number of ketones is 1. The van der Waals surface area contributed by atoms with Gasteiger partial charge in [-0.2, -0.15) is 0 Å². The van der Waals surface area contributed by atoms with E-state index in [1.165, 1.54) is 0 Å². The van der Waals surface area contributed by atoms with Crippen LogP contribution >= 0.6 is 0 Å². The van der Waals surface area contributed by atoms with Crippen LogP contribution in [0.2, 0.25) is 0 Å². The minimum atomic E-state index is -1.64. The van der Waals surface area contributed by atoms with E-state index in [0.717, 1.165) is 0 Å². The maximum Gasteiger partial charge on any atom is 0.187 e. The summed E-state index contributed by atoms with van der Waals surface area (Å²) in [5.74, 6) is -2.21. The first kappa shape index (κ1) is 27.6. The van der Waals surface area contributed by atoms with Crippen LogP contribution in [0.5, 0.6) is 0 Å². The molecule has 11 nitrogen and oxygen atoms in total. The third-order valence-electron chi connectivity index (χ3n) is 9.90. The molecular weight excluding hydrogens is 488 g/mol. The van der Waals surface area contributed by atoms with Crippen LogP contribution in [0.3, 0.4) is 0 Å². The maximum atomic E-state index is 13.9. The number of aliphatic hydroxyl groups is 7. The number of hydrogen-bond acceptors (Lipinski definition) is 11. The molecule has 0 bridgehead atoms. The van der Waals surface area contributed by atoms with Crippen LogP contribution < -0.4 is 0 Å². The summed E-state index contributed by atoms with van der Waals surface area (Å²) < 4.78 is 17.9. The van der Waals surface area contributed by atoms with Crippen molar-refractivity contribution in [2.75, 3.05) is 6.61 Å². The largest absolute Gasteiger partial charge is 0.394 e. The summed E-state index contributed by atoms with van der Waals surface area (Å²) in [7, 11) is 0. The zero-order chi connectivity index (χ0) is 27.4. The Labute approximate surface area is 215 Å². The smallest absolute Gasteiger partial charge is 0.187 e. The molecule has 0 aromatic heterocycles. The van der Waals surface area contributed by atoms with Gasteiger partial charge >= 0.3 is 0 Å². The van der Waals surface area contributed by atoms with E-state index in [1.807, 2.05) is 20.8 Å². The number of Topliss-reactive ketones (excluding diaryl/α,β-unsaturated/α-hetero) is 1. The molecule has 0 amide bonds. The molecule has 5 aliphatic rings. The van der Waals surface area contributed by atoms with Crippen molar-refractivity contribution >= 4 is 5.78 Å². The lowest BCUT2D eigenvalue weighted by atomic mass is 9.80. The van der Waals surface area contributed by atoms with Crippen molar-refractivity contribution in [3.63, 3.8) is 0 Å². The van der Waals surface area contributed by atoms with Gasteiger partial charge in [0.25, 0.3) is 0 Å². The van der Waals surface area contributed by atoms with E-state index in [1.54, 1.807) is 19.9 Å². The fourth-order valence-electron chi connectivity index (χ4n) is 7.61. The van der Waals surface area contributed by atoms with Gasteiger partial charge in [0.15, 0.2) is 23.3 Å². The molecule has 2 aliphatic heterocycles. The Morgan fingerprint density at radius 2 is 1.59 bits per heavy atom. The zero-order valence-electron chi connectivity index (χ0n) is 21.8. The standard InChI is InChI=1S/C26H40O11/c1-9-6-26-22(36-23-20(33)19(32)17(30)12(8-27)35-23)10(2)7-25(26,37-26)21(34)11(3)16(29)13-14(24(13,4)5)18(31)15(9)28/h6,10-20,22-23,27-33H,7-8H2,1-5H3/b9-6-. The second-order valence-electron chi connectivity index (χ2n) is 12.5. The van der Waals surface area contributed by atoms with Crippen LogP contribution in [-0.4, -0.2) is 114 Å². The Morgan fingerprint density at radius 1 is 0.973 bits per heavy atom. The highest BCUT2D eigenvalue weighted by atomic mass is 16.7. The van der Waals surface area contributed by atoms with Crippen LogP contribution in [0.1, 0.15) is 41.0 Å². The SMILES string of the molecule is C/C1=C/C23OC2(CC(C)C3OC2OC(CO)C(O)C(O)C2O)C(=O)C(C)C(O)C2C(C(O)C1O)C2(C)C. The van der Waals surface area contributed by atoms with Gasteiger partial charge in [-0.3, -0.25) is 4.79 Å². The van der Waals surface area contributed by atoms with E-state index in [2.05, 4.69) is 0 Å². The summed E-state index contributed by atoms with van der Waals surface area (Å²) in [5.41, 5.74) is -2.81. The Balaban J connectivity index is 1.52. The van der Waals surface area contributed by atoms with Gasteiger partial charge in [-0.1, -0.05) is 27.7 Å². The number of fused-ring (bicyclic) bond motifs is 1. The summed E-state index contributed by atoms with van der Waals surface area (Å²) in [6, 6.07) is 0. The predicted molar refractivity (Wildman–Crippen MR) is 126 cm³/mol. The lowest BCUT2D eigenvalue weighted by Gasteiger charge is -2.41. The Bertz CT molecular complexity index is 966. The molecule has 4 fully saturated rings. The molecule has 37 heavy (non-hydrogen) atoms. The maximum absolute atomic E-state index is 13.9. The molecule has 0 aromatic carbocycles. The molecule has 2 saturated carbocycles. The minimum Gasteiger partial charge on any atom is -0.394 e. The number of ether oxygens (including phenoxy) is 3. The molecule has 2 heterocycles. The topological polar surface area (TPSA) is 190 Å². The fourth-order valence-corrected chi connectivity index (χ4v) is 7.61. The number of carbonyl (C=O) groups is 1. The quantitative estimate of drug-likeness (QED) is 0.162. The second-order valence-corrected chi connectivity index (χ2v) is 12.5. The van der Waals surface area contributed by atoms with Gasteiger partial charge in [0.1, 0.15) is 30.5 Å². The van der Waals surface area contributed by atoms with Gasteiger partial charge < -0.3 is 50.0 Å². The van der Waals surface area contributed by atoms with Crippen LogP contribution in [-0.2, 0) is 19.0 Å². The Morgan fingerprint density at radius 3 is 2.22 bits per heavy atom. The first-order chi connectivity index (χ1) is 17.2. The predicted octanol–water partition coefficient (Wildman–Crippen LogP) is -1.76. The highest BCUT2D eigenvalue weighted by molar-refractivity contribution is 5.95. The normalized spacial score (nSPS) is 58.3. The van der Waals surface area contributed by atoms with Gasteiger partial charge in [-0.05, 0) is 48.2 Å². The monoisotopic (exact) mass is 528 g/mol. The summed E-state index contributed by atoms with van der Waals surface area (Å²) in [6.07, 6.45) is -9.96. The molecular formula is C26H40O11. The van der Waals surface area contributed by atoms with Gasteiger partial charge in [0, 0.05) is 5.92 Å². The second kappa shape index (κ2) is 8.76. The molecule has 210 valence electrons. The Kier molecular flexibility index (Phi) is 6.52. The molecule has 3 aliphatic carbocycles. The third kappa shape index (κ3) is 3.67. The summed E-state index contributed by atoms with van der Waals surface area (Å²) in [5, 5.41) is 73.8. The number of epoxide rings is 1. The summed E-state index contributed by atoms with van der Waals surface area (Å²) >= 11 is 0. The zero-order valence-corrected chi connectivity index (χ0v) is 21.8. The van der Waals surface area contributed by atoms with E-state index < -0.39 is 90.2 Å². The molecule has 15 unspecified atom stereocenters. The first-order valence-electron chi connectivity index (χ1n) is 13.1. The lowest BCUT2D eigenvalue weighted by molar-refractivity contribution is -0.317. The van der Waals surface area contributed by atoms with Gasteiger partial charge in [-0.25, -0.2) is 0 Å². The number of rotatable bonds is 3. The van der Waals surface area contributed by atoms with Crippen molar-refractivity contribution in [1.29, 1.82) is 0 Å². The summed E-state index contributed by atoms with van der Waals surface area (Å²) in [6.45, 7) is 8.31. The molecule has 2 saturated heterocycles. The molecule has 0 aromatic rings. The first-order valence-corrected chi connectivity index (χ1v) is 13.1. The van der Waals surface area contributed by atoms with E-state index in [0.29, 0.717) is 5.57 Å². The highest BCUT2D eigenvalue weighted by Crippen LogP contribution is 2.68. The van der Waals surface area contributed by atoms with Crippen molar-refractivity contribution in [3.05, 3.63) is 11.6 Å². The van der Waals surface area contributed by atoms with E-state index in [4.69, 9.17) is 14.2 Å². The van der Waals surface area contributed by atoms with Crippen molar-refractivity contribution < 1.29 is 54.8 Å². The van der Waals surface area contributed by atoms with Gasteiger partial charge in [-0.15, -0.1) is 0 Å². The van der Waals surface area contributed by atoms with Crippen LogP contribution in [0.15, 0.2) is 11.6 Å². The highest BCUT2D eigenvalue weighted by Gasteiger charge is 2.83. The average Bonchev–Trinajstić information content (AvgIpc) is 3.64. The van der Waals surface area contributed by atoms with Gasteiger partial charge in [0.05, 0.1) is 24.9 Å². The van der Waals surface area contributed by atoms with Gasteiger partial charge in [0.2, 0.25) is 0 Å². The molecule has 5 rings (SSSR count). The minimum absolute atomic E-state index is 0.241. The van der Waals surface area contributed by atoms with Crippen molar-refractivity contribution in [3.8, 4) is 0 Å². The summed E-state index contributed by atoms with van der Waals surface area (Å²) in [4.78, 5) is 13.9. The van der Waals surface area contributed by atoms with Crippen LogP contribution in [0, 0.1) is 29.1 Å². The molecule has 7 N–H and O–H groups in total. The lowest BCUT2D eigenvalue weighted by Crippen LogP contribution is -2.60. The fraction of sp³-hybridized carbons (Fsp3) is 0.885. The molecule has 11 heteroatoms. The van der Waals surface area contributed by atoms with Crippen LogP contribution in [0.4, 0.5) is 0 Å². The van der Waals surface area contributed by atoms with E-state index in [9.17, 15) is 40.5 Å². The molecule has 15 atom stereocenters. The van der Waals surface area contributed by atoms with Crippen LogP contribution in [0.25, 0.3) is 0 Å². The molecule has 0 radical (unpaired) electrons. The van der Waals surface area contributed by atoms with Crippen molar-refractivity contribution in [2.24, 2.45) is 29.1 Å². The number of carbonyl (C=O) groups excluding carboxylic acids is 1. The molecule has 0 spiro atoms. The van der Waals surface area contributed by atoms with Crippen molar-refractivity contribution in [2.45, 2.75) is 107 Å². The van der Waals surface area contributed by atoms with E-state index in [-0.39, 0.29) is 24.0 Å². The number of aliphatic hydroxyl groups excluding tert-OH is 7. The Hall–Kier alpha value is -0.990. The van der Waals surface area contributed by atoms with E-state index >= 15 is 0 Å². The number of hydrogen-bond donors (Lipinski definition) is 7. The average molecular weight is 529 g/mol.